The Morgan fingerprint density at radius 3 is 2.68 bits per heavy atom. The zero-order valence-corrected chi connectivity index (χ0v) is 16.9. The zero-order chi connectivity index (χ0) is 19.9. The second kappa shape index (κ2) is 7.47. The highest BCUT2D eigenvalue weighted by molar-refractivity contribution is 7.89. The molecule has 28 heavy (non-hydrogen) atoms. The van der Waals surface area contributed by atoms with Crippen LogP contribution in [-0.4, -0.2) is 72.2 Å². The van der Waals surface area contributed by atoms with Gasteiger partial charge in [-0.2, -0.15) is 9.40 Å². The molecule has 1 aromatic carbocycles. The van der Waals surface area contributed by atoms with E-state index in [1.807, 2.05) is 17.8 Å². The number of carbonyl (C=O) groups is 1. The highest BCUT2D eigenvalue weighted by Crippen LogP contribution is 2.27. The third-order valence-corrected chi connectivity index (χ3v) is 7.40. The minimum Gasteiger partial charge on any atom is -0.366 e. The number of aromatic nitrogens is 2. The van der Waals surface area contributed by atoms with E-state index in [9.17, 15) is 13.2 Å². The van der Waals surface area contributed by atoms with Gasteiger partial charge in [0.05, 0.1) is 23.9 Å². The number of likely N-dealkylation sites (tertiary alicyclic amines) is 1. The van der Waals surface area contributed by atoms with Crippen molar-refractivity contribution in [2.75, 3.05) is 32.8 Å². The van der Waals surface area contributed by atoms with E-state index < -0.39 is 16.1 Å². The fourth-order valence-electron chi connectivity index (χ4n) is 3.43. The first-order valence-corrected chi connectivity index (χ1v) is 10.8. The van der Waals surface area contributed by atoms with Crippen molar-refractivity contribution in [3.05, 3.63) is 47.2 Å². The molecule has 2 aliphatic rings. The summed E-state index contributed by atoms with van der Waals surface area (Å²) in [5, 5.41) is 4.44. The lowest BCUT2D eigenvalue weighted by Crippen LogP contribution is -2.58. The number of benzene rings is 1. The van der Waals surface area contributed by atoms with E-state index in [0.29, 0.717) is 13.1 Å². The van der Waals surface area contributed by atoms with Gasteiger partial charge in [-0.05, 0) is 24.6 Å². The zero-order valence-electron chi connectivity index (χ0n) is 15.4. The number of sulfonamides is 1. The Bertz CT molecular complexity index is 987. The number of morpholine rings is 1. The summed E-state index contributed by atoms with van der Waals surface area (Å²) in [5.41, 5.74) is 1.07. The van der Waals surface area contributed by atoms with Crippen molar-refractivity contribution in [1.29, 1.82) is 0 Å². The molecule has 2 fully saturated rings. The van der Waals surface area contributed by atoms with Crippen molar-refractivity contribution < 1.29 is 17.9 Å². The van der Waals surface area contributed by atoms with Gasteiger partial charge in [-0.25, -0.2) is 8.42 Å². The fraction of sp³-hybridized carbons (Fsp3) is 0.444. The Labute approximate surface area is 168 Å². The van der Waals surface area contributed by atoms with Crippen molar-refractivity contribution in [3.8, 4) is 0 Å². The van der Waals surface area contributed by atoms with E-state index in [-0.39, 0.29) is 41.6 Å². The van der Waals surface area contributed by atoms with Crippen LogP contribution in [0.1, 0.15) is 11.6 Å². The number of amides is 1. The first-order valence-electron chi connectivity index (χ1n) is 9.02. The second-order valence-electron chi connectivity index (χ2n) is 7.05. The van der Waals surface area contributed by atoms with Gasteiger partial charge in [0.1, 0.15) is 11.0 Å². The molecule has 4 rings (SSSR count). The van der Waals surface area contributed by atoms with Gasteiger partial charge in [-0.1, -0.05) is 23.7 Å². The normalized spacial score (nSPS) is 21.5. The lowest BCUT2D eigenvalue weighted by Gasteiger charge is -2.42. The second-order valence-corrected chi connectivity index (χ2v) is 9.36. The first-order chi connectivity index (χ1) is 13.4. The summed E-state index contributed by atoms with van der Waals surface area (Å²) in [5.74, 6) is -0.195. The monoisotopic (exact) mass is 424 g/mol. The summed E-state index contributed by atoms with van der Waals surface area (Å²) in [6.07, 6.45) is 2.92. The molecule has 0 unspecified atom stereocenters. The molecule has 0 radical (unpaired) electrons. The third-order valence-electron chi connectivity index (χ3n) is 5.04. The van der Waals surface area contributed by atoms with Crippen LogP contribution in [-0.2, 0) is 19.6 Å². The number of ether oxygens (including phenoxy) is 1. The number of nitrogens with zero attached hydrogens (tertiary/aromatic N) is 4. The van der Waals surface area contributed by atoms with Crippen LogP contribution in [0, 0.1) is 6.92 Å². The van der Waals surface area contributed by atoms with Gasteiger partial charge in [-0.3, -0.25) is 9.48 Å². The third kappa shape index (κ3) is 3.55. The molecule has 0 bridgehead atoms. The topological polar surface area (TPSA) is 84.7 Å². The number of halogens is 1. The molecule has 0 aliphatic carbocycles. The summed E-state index contributed by atoms with van der Waals surface area (Å²) in [4.78, 5) is 14.5. The number of carbonyl (C=O) groups excluding carboxylic acids is 1. The summed E-state index contributed by atoms with van der Waals surface area (Å²) in [7, 11) is -3.79. The van der Waals surface area contributed by atoms with Crippen LogP contribution in [0.25, 0.3) is 0 Å². The van der Waals surface area contributed by atoms with E-state index in [1.54, 1.807) is 23.2 Å². The molecule has 2 aliphatic heterocycles. The molecule has 1 aromatic heterocycles. The highest BCUT2D eigenvalue weighted by Gasteiger charge is 2.40. The maximum Gasteiger partial charge on any atom is 0.253 e. The Morgan fingerprint density at radius 2 is 2.00 bits per heavy atom. The Morgan fingerprint density at radius 1 is 1.25 bits per heavy atom. The van der Waals surface area contributed by atoms with Gasteiger partial charge >= 0.3 is 0 Å². The van der Waals surface area contributed by atoms with Crippen LogP contribution >= 0.6 is 11.6 Å². The molecule has 2 saturated heterocycles. The van der Waals surface area contributed by atoms with Gasteiger partial charge in [0.25, 0.3) is 5.91 Å². The lowest BCUT2D eigenvalue weighted by molar-refractivity contribution is -0.153. The lowest BCUT2D eigenvalue weighted by atomic mass is 10.1. The largest absolute Gasteiger partial charge is 0.366 e. The average molecular weight is 425 g/mol. The molecular weight excluding hydrogens is 404 g/mol. The van der Waals surface area contributed by atoms with E-state index in [4.69, 9.17) is 16.3 Å². The number of rotatable bonds is 4. The summed E-state index contributed by atoms with van der Waals surface area (Å²) < 4.78 is 34.5. The molecule has 150 valence electrons. The van der Waals surface area contributed by atoms with Gasteiger partial charge in [-0.15, -0.1) is 0 Å². The van der Waals surface area contributed by atoms with Crippen LogP contribution in [0.5, 0.6) is 0 Å². The molecule has 0 N–H and O–H groups in total. The minimum absolute atomic E-state index is 0.0194. The molecule has 1 atom stereocenters. The first kappa shape index (κ1) is 19.4. The van der Waals surface area contributed by atoms with Gasteiger partial charge in [0.15, 0.2) is 0 Å². The Balaban J connectivity index is 1.41. The maximum atomic E-state index is 12.9. The smallest absolute Gasteiger partial charge is 0.253 e. The van der Waals surface area contributed by atoms with Crippen LogP contribution in [0.15, 0.2) is 41.6 Å². The van der Waals surface area contributed by atoms with Crippen molar-refractivity contribution >= 4 is 27.5 Å². The molecular formula is C18H21ClN4O4S. The highest BCUT2D eigenvalue weighted by atomic mass is 35.5. The molecule has 8 nitrogen and oxygen atoms in total. The van der Waals surface area contributed by atoms with E-state index >= 15 is 0 Å². The van der Waals surface area contributed by atoms with Gasteiger partial charge in [0, 0.05) is 32.4 Å². The van der Waals surface area contributed by atoms with Crippen LogP contribution in [0.2, 0.25) is 5.02 Å². The summed E-state index contributed by atoms with van der Waals surface area (Å²) in [6, 6.07) is 6.45. The standard InChI is InChI=1S/C18H21ClN4O4S/c1-13-8-20-23(9-13)14-10-21(11-14)18(24)16-12-22(6-7-27-16)28(25,26)17-5-3-2-4-15(17)19/h2-5,8-9,14,16H,6-7,10-12H2,1H3/t16-/m0/s1. The van der Waals surface area contributed by atoms with E-state index in [2.05, 4.69) is 5.10 Å². The van der Waals surface area contributed by atoms with Gasteiger partial charge in [0.2, 0.25) is 10.0 Å². The van der Waals surface area contributed by atoms with Crippen molar-refractivity contribution in [1.82, 2.24) is 19.0 Å². The Kier molecular flexibility index (Phi) is 5.17. The number of aryl methyl sites for hydroxylation is 1. The van der Waals surface area contributed by atoms with E-state index in [1.165, 1.54) is 16.4 Å². The minimum atomic E-state index is -3.79. The van der Waals surface area contributed by atoms with Crippen LogP contribution in [0.4, 0.5) is 0 Å². The molecule has 10 heteroatoms. The summed E-state index contributed by atoms with van der Waals surface area (Å²) in [6.45, 7) is 3.37. The Hall–Kier alpha value is -1.94. The van der Waals surface area contributed by atoms with Crippen molar-refractivity contribution in [3.63, 3.8) is 0 Å². The van der Waals surface area contributed by atoms with Crippen LogP contribution < -0.4 is 0 Å². The summed E-state index contributed by atoms with van der Waals surface area (Å²) >= 11 is 6.06. The molecule has 0 spiro atoms. The quantitative estimate of drug-likeness (QED) is 0.739. The molecule has 3 heterocycles. The predicted molar refractivity (Wildman–Crippen MR) is 103 cm³/mol. The molecule has 1 amide bonds. The SMILES string of the molecule is Cc1cnn(C2CN(C(=O)[C@@H]3CN(S(=O)(=O)c4ccccc4Cl)CCO3)C2)c1. The average Bonchev–Trinajstić information content (AvgIpc) is 3.06. The fourth-order valence-corrected chi connectivity index (χ4v) is 5.34. The van der Waals surface area contributed by atoms with Gasteiger partial charge < -0.3 is 9.64 Å². The van der Waals surface area contributed by atoms with E-state index in [0.717, 1.165) is 5.56 Å². The maximum absolute atomic E-state index is 12.9. The van der Waals surface area contributed by atoms with Crippen LogP contribution in [0.3, 0.4) is 0 Å². The van der Waals surface area contributed by atoms with Crippen molar-refractivity contribution in [2.45, 2.75) is 24.0 Å². The number of hydrogen-bond donors (Lipinski definition) is 0. The number of hydrogen-bond acceptors (Lipinski definition) is 5. The van der Waals surface area contributed by atoms with Crippen molar-refractivity contribution in [2.24, 2.45) is 0 Å². The predicted octanol–water partition coefficient (Wildman–Crippen LogP) is 1.32. The molecule has 2 aromatic rings. The molecule has 0 saturated carbocycles.